The summed E-state index contributed by atoms with van der Waals surface area (Å²) in [5.74, 6) is -1.13. The maximum Gasteiger partial charge on any atom is 0.286 e. The molecule has 7 nitrogen and oxygen atoms in total. The molecule has 0 unspecified atom stereocenters. The van der Waals surface area contributed by atoms with Gasteiger partial charge >= 0.3 is 0 Å². The van der Waals surface area contributed by atoms with Gasteiger partial charge < -0.3 is 5.32 Å². The van der Waals surface area contributed by atoms with Crippen molar-refractivity contribution in [3.8, 4) is 0 Å². The Balaban J connectivity index is 1.37. The van der Waals surface area contributed by atoms with Crippen LogP contribution in [0, 0.1) is 5.82 Å². The highest BCUT2D eigenvalue weighted by Crippen LogP contribution is 2.38. The third kappa shape index (κ3) is 4.30. The average Bonchev–Trinajstić information content (AvgIpc) is 3.50. The van der Waals surface area contributed by atoms with Crippen LogP contribution in [-0.2, 0) is 22.9 Å². The van der Waals surface area contributed by atoms with E-state index >= 15 is 0 Å². The molecule has 10 heteroatoms. The molecule has 1 atom stereocenters. The van der Waals surface area contributed by atoms with Crippen molar-refractivity contribution in [1.29, 1.82) is 0 Å². The Hall–Kier alpha value is -2.69. The molecule has 1 amide bonds. The van der Waals surface area contributed by atoms with E-state index in [2.05, 4.69) is 15.5 Å². The lowest BCUT2D eigenvalue weighted by Crippen LogP contribution is -2.30. The summed E-state index contributed by atoms with van der Waals surface area (Å²) < 4.78 is 42.3. The summed E-state index contributed by atoms with van der Waals surface area (Å²) in [5, 5.41) is 11.1. The van der Waals surface area contributed by atoms with Crippen molar-refractivity contribution in [2.24, 2.45) is 0 Å². The van der Waals surface area contributed by atoms with E-state index in [0.717, 1.165) is 42.6 Å². The largest absolute Gasteiger partial charge is 0.317 e. The number of carbonyl (C=O) groups is 1. The van der Waals surface area contributed by atoms with E-state index in [-0.39, 0.29) is 10.7 Å². The fourth-order valence-corrected chi connectivity index (χ4v) is 7.14. The lowest BCUT2D eigenvalue weighted by Gasteiger charge is -2.23. The summed E-state index contributed by atoms with van der Waals surface area (Å²) in [5.41, 5.74) is 2.39. The van der Waals surface area contributed by atoms with Crippen LogP contribution in [0.2, 0.25) is 0 Å². The Morgan fingerprint density at radius 1 is 1.06 bits per heavy atom. The Morgan fingerprint density at radius 3 is 2.67 bits per heavy atom. The highest BCUT2D eigenvalue weighted by atomic mass is 32.2. The minimum atomic E-state index is -3.71. The van der Waals surface area contributed by atoms with Crippen LogP contribution in [0.5, 0.6) is 0 Å². The lowest BCUT2D eigenvalue weighted by molar-refractivity contribution is 0.102. The lowest BCUT2D eigenvalue weighted by atomic mass is 9.92. The number of nitrogens with one attached hydrogen (secondary N) is 1. The first-order valence-electron chi connectivity index (χ1n) is 11.0. The molecule has 1 saturated heterocycles. The first kappa shape index (κ1) is 22.1. The zero-order chi connectivity index (χ0) is 23.0. The molecular formula is C23H23FN4O3S2. The van der Waals surface area contributed by atoms with Crippen LogP contribution >= 0.6 is 11.3 Å². The molecule has 33 heavy (non-hydrogen) atoms. The summed E-state index contributed by atoms with van der Waals surface area (Å²) in [4.78, 5) is 12.8. The molecule has 0 spiro atoms. The summed E-state index contributed by atoms with van der Waals surface area (Å²) in [6, 6.07) is 10.8. The number of anilines is 1. The van der Waals surface area contributed by atoms with Crippen LogP contribution in [0.3, 0.4) is 0 Å². The number of benzene rings is 2. The van der Waals surface area contributed by atoms with Gasteiger partial charge in [0.15, 0.2) is 0 Å². The zero-order valence-corrected chi connectivity index (χ0v) is 19.5. The van der Waals surface area contributed by atoms with E-state index in [0.29, 0.717) is 29.3 Å². The van der Waals surface area contributed by atoms with Gasteiger partial charge in [-0.3, -0.25) is 4.79 Å². The number of carbonyl (C=O) groups excluding carboxylic acids is 1. The third-order valence-corrected chi connectivity index (χ3v) is 9.10. The molecule has 5 rings (SSSR count). The second-order valence-corrected chi connectivity index (χ2v) is 11.2. The van der Waals surface area contributed by atoms with Gasteiger partial charge in [-0.05, 0) is 73.9 Å². The van der Waals surface area contributed by atoms with Crippen LogP contribution in [0.15, 0.2) is 47.4 Å². The molecule has 0 saturated carbocycles. The minimum Gasteiger partial charge on any atom is -0.317 e. The van der Waals surface area contributed by atoms with Crippen molar-refractivity contribution in [2.45, 2.75) is 49.5 Å². The topological polar surface area (TPSA) is 92.3 Å². The first-order chi connectivity index (χ1) is 15.9. The van der Waals surface area contributed by atoms with Gasteiger partial charge in [0.25, 0.3) is 5.91 Å². The number of hydrogen-bond acceptors (Lipinski definition) is 6. The van der Waals surface area contributed by atoms with Gasteiger partial charge in [0.1, 0.15) is 10.8 Å². The summed E-state index contributed by atoms with van der Waals surface area (Å²) >= 11 is 1.04. The van der Waals surface area contributed by atoms with Crippen LogP contribution in [0.25, 0.3) is 0 Å². The number of amides is 1. The number of nitrogens with zero attached hydrogens (tertiary/aromatic N) is 3. The van der Waals surface area contributed by atoms with Crippen LogP contribution < -0.4 is 5.32 Å². The van der Waals surface area contributed by atoms with Crippen molar-refractivity contribution in [3.63, 3.8) is 0 Å². The molecule has 1 aliphatic carbocycles. The van der Waals surface area contributed by atoms with Gasteiger partial charge in [-0.25, -0.2) is 12.8 Å². The second kappa shape index (κ2) is 8.92. The molecule has 2 heterocycles. The number of fused-ring (bicyclic) bond motifs is 1. The van der Waals surface area contributed by atoms with Gasteiger partial charge in [-0.15, -0.1) is 10.2 Å². The number of aromatic nitrogens is 2. The number of aryl methyl sites for hydroxylation is 2. The van der Waals surface area contributed by atoms with Crippen molar-refractivity contribution >= 4 is 33.0 Å². The van der Waals surface area contributed by atoms with E-state index < -0.39 is 27.8 Å². The predicted octanol–water partition coefficient (Wildman–Crippen LogP) is 4.33. The highest BCUT2D eigenvalue weighted by molar-refractivity contribution is 7.89. The third-order valence-electron chi connectivity index (χ3n) is 6.17. The monoisotopic (exact) mass is 486 g/mol. The fourth-order valence-electron chi connectivity index (χ4n) is 4.48. The van der Waals surface area contributed by atoms with Crippen molar-refractivity contribution in [2.75, 3.05) is 11.9 Å². The van der Waals surface area contributed by atoms with Crippen molar-refractivity contribution in [1.82, 2.24) is 14.5 Å². The molecule has 0 bridgehead atoms. The van der Waals surface area contributed by atoms with Crippen LogP contribution in [-0.4, -0.2) is 35.4 Å². The Bertz CT molecular complexity index is 1310. The number of sulfonamides is 1. The van der Waals surface area contributed by atoms with E-state index in [1.165, 1.54) is 28.1 Å². The Labute approximate surface area is 195 Å². The molecule has 1 aliphatic heterocycles. The maximum absolute atomic E-state index is 13.8. The molecule has 3 aromatic rings. The molecule has 2 aliphatic rings. The summed E-state index contributed by atoms with van der Waals surface area (Å²) in [7, 11) is -3.71. The van der Waals surface area contributed by atoms with Gasteiger partial charge in [-0.2, -0.15) is 4.31 Å². The number of hydrogen-bond donors (Lipinski definition) is 1. The van der Waals surface area contributed by atoms with Gasteiger partial charge in [0.05, 0.1) is 16.6 Å². The highest BCUT2D eigenvalue weighted by Gasteiger charge is 2.38. The number of halogens is 1. The minimum absolute atomic E-state index is 0.0525. The Kier molecular flexibility index (Phi) is 5.98. The molecule has 1 aromatic heterocycles. The standard InChI is InChI=1S/C23H23FN4O3S2/c24-18-8-3-4-9-19(18)25-21(29)23-27-26-22(32-23)20-10-5-13-28(20)33(30,31)17-12-11-15-6-1-2-7-16(15)14-17/h3-4,8-9,11-12,14,20H,1-2,5-7,10,13H2,(H,25,29)/t20-/m1/s1. The molecule has 1 fully saturated rings. The van der Waals surface area contributed by atoms with Crippen molar-refractivity contribution in [3.05, 3.63) is 69.4 Å². The first-order valence-corrected chi connectivity index (χ1v) is 13.2. The summed E-state index contributed by atoms with van der Waals surface area (Å²) in [6.07, 6.45) is 5.41. The quantitative estimate of drug-likeness (QED) is 0.579. The van der Waals surface area contributed by atoms with Gasteiger partial charge in [-0.1, -0.05) is 29.5 Å². The van der Waals surface area contributed by atoms with E-state index in [4.69, 9.17) is 0 Å². The molecule has 2 aromatic carbocycles. The smallest absolute Gasteiger partial charge is 0.286 e. The molecular weight excluding hydrogens is 463 g/mol. The molecule has 1 N–H and O–H groups in total. The van der Waals surface area contributed by atoms with E-state index in [1.54, 1.807) is 12.1 Å². The second-order valence-electron chi connectivity index (χ2n) is 8.29. The summed E-state index contributed by atoms with van der Waals surface area (Å²) in [6.45, 7) is 0.389. The number of rotatable bonds is 5. The van der Waals surface area contributed by atoms with Gasteiger partial charge in [0, 0.05) is 6.54 Å². The van der Waals surface area contributed by atoms with Gasteiger partial charge in [0.2, 0.25) is 15.0 Å². The van der Waals surface area contributed by atoms with Crippen molar-refractivity contribution < 1.29 is 17.6 Å². The van der Waals surface area contributed by atoms with Crippen LogP contribution in [0.1, 0.15) is 57.7 Å². The SMILES string of the molecule is O=C(Nc1ccccc1F)c1nnc([C@H]2CCCN2S(=O)(=O)c2ccc3c(c2)CCCC3)s1. The normalized spacial score (nSPS) is 18.8. The van der Waals surface area contributed by atoms with Crippen LogP contribution in [0.4, 0.5) is 10.1 Å². The molecule has 0 radical (unpaired) electrons. The Morgan fingerprint density at radius 2 is 1.85 bits per heavy atom. The van der Waals surface area contributed by atoms with E-state index in [9.17, 15) is 17.6 Å². The fraction of sp³-hybridized carbons (Fsp3) is 0.348. The average molecular weight is 487 g/mol. The predicted molar refractivity (Wildman–Crippen MR) is 123 cm³/mol. The maximum atomic E-state index is 13.8. The molecule has 172 valence electrons. The number of para-hydroxylation sites is 1. The zero-order valence-electron chi connectivity index (χ0n) is 17.8. The van der Waals surface area contributed by atoms with E-state index in [1.807, 2.05) is 12.1 Å².